The molecule has 0 saturated heterocycles. The van der Waals surface area contributed by atoms with Crippen LogP contribution in [0, 0.1) is 5.92 Å². The van der Waals surface area contributed by atoms with Crippen molar-refractivity contribution in [2.75, 3.05) is 13.2 Å². The van der Waals surface area contributed by atoms with Gasteiger partial charge < -0.3 is 19.7 Å². The van der Waals surface area contributed by atoms with Gasteiger partial charge in [-0.05, 0) is 50.9 Å². The van der Waals surface area contributed by atoms with Crippen molar-refractivity contribution in [3.05, 3.63) is 72.9 Å². The van der Waals surface area contributed by atoms with Gasteiger partial charge >= 0.3 is 11.9 Å². The molecule has 274 valence electrons. The molecule has 0 aromatic heterocycles. The topological polar surface area (TPSA) is 93.1 Å². The van der Waals surface area contributed by atoms with E-state index in [0.29, 0.717) is 19.3 Å². The van der Waals surface area contributed by atoms with E-state index in [4.69, 9.17) is 9.47 Å². The highest BCUT2D eigenvalue weighted by atomic mass is 16.6. The van der Waals surface area contributed by atoms with Crippen LogP contribution in [-0.4, -0.2) is 47.6 Å². The Labute approximate surface area is 294 Å². The number of esters is 2. The van der Waals surface area contributed by atoms with Crippen molar-refractivity contribution in [3.63, 3.8) is 0 Å². The Balaban J connectivity index is 3.68. The molecule has 48 heavy (non-hydrogen) atoms. The molecule has 0 fully saturated rings. The maximum absolute atomic E-state index is 11.9. The van der Waals surface area contributed by atoms with Gasteiger partial charge in [0.25, 0.3) is 0 Å². The second-order valence-electron chi connectivity index (χ2n) is 12.8. The molecule has 0 radical (unpaired) electrons. The van der Waals surface area contributed by atoms with E-state index in [-0.39, 0.29) is 31.6 Å². The van der Waals surface area contributed by atoms with E-state index in [1.165, 1.54) is 57.8 Å². The highest BCUT2D eigenvalue weighted by Crippen LogP contribution is 2.15. The lowest BCUT2D eigenvalue weighted by atomic mass is 9.99. The molecule has 2 N–H and O–H groups in total. The SMILES string of the molecule is CC/C=C\C/C=C\CC(O)/C=C/C=C\C/C=C\C/C=C\CCC(=O)OC[C@H](O)COC(=O)CCCCCCCCCCCCC(C)CC. The summed E-state index contributed by atoms with van der Waals surface area (Å²) in [6.07, 6.45) is 42.7. The van der Waals surface area contributed by atoms with E-state index in [9.17, 15) is 19.8 Å². The normalized spacial score (nSPS) is 14.4. The second-order valence-corrected chi connectivity index (χ2v) is 12.8. The maximum atomic E-state index is 11.9. The van der Waals surface area contributed by atoms with Crippen LogP contribution in [0.3, 0.4) is 0 Å². The van der Waals surface area contributed by atoms with Crippen LogP contribution in [0.4, 0.5) is 0 Å². The van der Waals surface area contributed by atoms with E-state index >= 15 is 0 Å². The predicted octanol–water partition coefficient (Wildman–Crippen LogP) is 10.6. The van der Waals surface area contributed by atoms with Gasteiger partial charge in [0.1, 0.15) is 19.3 Å². The fraction of sp³-hybridized carbons (Fsp3) is 0.667. The first kappa shape index (κ1) is 45.3. The standard InChI is InChI=1S/C42H70O6/c1-4-6-7-8-22-27-32-39(43)33-28-23-18-14-10-12-16-20-25-30-35-42(46)48-37-40(44)36-47-41(45)34-29-24-19-15-11-9-13-17-21-26-31-38(3)5-2/h6-7,10,12,18,20,22-23,25,27-28,33,38-40,43-44H,4-5,8-9,11,13-17,19,21,24,26,29-32,34-37H2,1-3H3/b7-6-,12-10-,23-18-,25-20-,27-22-,33-28+/t38?,39?,40-/m1/s1. The molecule has 3 atom stereocenters. The minimum atomic E-state index is -1.01. The highest BCUT2D eigenvalue weighted by Gasteiger charge is 2.11. The number of carbonyl (C=O) groups excluding carboxylic acids is 2. The van der Waals surface area contributed by atoms with Crippen LogP contribution < -0.4 is 0 Å². The van der Waals surface area contributed by atoms with Crippen LogP contribution in [-0.2, 0) is 19.1 Å². The number of rotatable bonds is 32. The lowest BCUT2D eigenvalue weighted by Gasteiger charge is -2.12. The van der Waals surface area contributed by atoms with Gasteiger partial charge in [-0.15, -0.1) is 0 Å². The predicted molar refractivity (Wildman–Crippen MR) is 202 cm³/mol. The van der Waals surface area contributed by atoms with Crippen molar-refractivity contribution < 1.29 is 29.3 Å². The molecule has 0 amide bonds. The summed E-state index contributed by atoms with van der Waals surface area (Å²) in [6.45, 7) is 6.40. The van der Waals surface area contributed by atoms with Crippen LogP contribution in [0.25, 0.3) is 0 Å². The van der Waals surface area contributed by atoms with Crippen LogP contribution in [0.2, 0.25) is 0 Å². The van der Waals surface area contributed by atoms with Gasteiger partial charge in [0.2, 0.25) is 0 Å². The smallest absolute Gasteiger partial charge is 0.306 e. The molecule has 0 aliphatic rings. The number of allylic oxidation sites excluding steroid dienone is 10. The molecule has 0 aromatic rings. The summed E-state index contributed by atoms with van der Waals surface area (Å²) in [5.41, 5.74) is 0. The van der Waals surface area contributed by atoms with Gasteiger partial charge in [-0.3, -0.25) is 9.59 Å². The number of hydrogen-bond acceptors (Lipinski definition) is 6. The third kappa shape index (κ3) is 34.6. The van der Waals surface area contributed by atoms with Crippen molar-refractivity contribution in [1.29, 1.82) is 0 Å². The summed E-state index contributed by atoms with van der Waals surface area (Å²) in [7, 11) is 0. The molecule has 6 nitrogen and oxygen atoms in total. The monoisotopic (exact) mass is 671 g/mol. The Morgan fingerprint density at radius 1 is 0.604 bits per heavy atom. The summed E-state index contributed by atoms with van der Waals surface area (Å²) in [5, 5.41) is 19.9. The fourth-order valence-corrected chi connectivity index (χ4v) is 4.82. The Hall–Kier alpha value is -2.70. The average Bonchev–Trinajstić information content (AvgIpc) is 3.08. The molecule has 0 heterocycles. The zero-order valence-electron chi connectivity index (χ0n) is 30.7. The van der Waals surface area contributed by atoms with E-state index in [1.54, 1.807) is 6.08 Å². The molecular formula is C42H70O6. The van der Waals surface area contributed by atoms with Gasteiger partial charge in [0.05, 0.1) is 6.10 Å². The first-order chi connectivity index (χ1) is 23.4. The molecule has 0 aliphatic carbocycles. The van der Waals surface area contributed by atoms with Crippen molar-refractivity contribution in [1.82, 2.24) is 0 Å². The molecule has 0 saturated carbocycles. The first-order valence-electron chi connectivity index (χ1n) is 19.0. The Morgan fingerprint density at radius 2 is 1.12 bits per heavy atom. The molecular weight excluding hydrogens is 600 g/mol. The van der Waals surface area contributed by atoms with E-state index in [0.717, 1.165) is 50.9 Å². The Morgan fingerprint density at radius 3 is 1.75 bits per heavy atom. The maximum Gasteiger partial charge on any atom is 0.306 e. The summed E-state index contributed by atoms with van der Waals surface area (Å²) in [6, 6.07) is 0. The highest BCUT2D eigenvalue weighted by molar-refractivity contribution is 5.70. The summed E-state index contributed by atoms with van der Waals surface area (Å²) in [4.78, 5) is 23.9. The lowest BCUT2D eigenvalue weighted by Crippen LogP contribution is -2.25. The third-order valence-corrected chi connectivity index (χ3v) is 8.09. The molecule has 2 unspecified atom stereocenters. The third-order valence-electron chi connectivity index (χ3n) is 8.09. The van der Waals surface area contributed by atoms with Crippen molar-refractivity contribution in [3.8, 4) is 0 Å². The van der Waals surface area contributed by atoms with Gasteiger partial charge in [0.15, 0.2) is 0 Å². The van der Waals surface area contributed by atoms with Gasteiger partial charge in [-0.1, -0.05) is 164 Å². The molecule has 0 aromatic carbocycles. The van der Waals surface area contributed by atoms with Crippen molar-refractivity contribution >= 4 is 11.9 Å². The number of ether oxygens (including phenoxy) is 2. The van der Waals surface area contributed by atoms with E-state index in [1.807, 2.05) is 36.5 Å². The Bertz CT molecular complexity index is 928. The fourth-order valence-electron chi connectivity index (χ4n) is 4.82. The molecule has 0 rings (SSSR count). The summed E-state index contributed by atoms with van der Waals surface area (Å²) in [5.74, 6) is 0.175. The molecule has 6 heteroatoms. The lowest BCUT2D eigenvalue weighted by molar-refractivity contribution is -0.152. The Kier molecular flexibility index (Phi) is 33.6. The number of hydrogen-bond donors (Lipinski definition) is 2. The van der Waals surface area contributed by atoms with Crippen LogP contribution in [0.5, 0.6) is 0 Å². The number of carbonyl (C=O) groups is 2. The zero-order valence-corrected chi connectivity index (χ0v) is 30.7. The largest absolute Gasteiger partial charge is 0.463 e. The van der Waals surface area contributed by atoms with Gasteiger partial charge in [-0.2, -0.15) is 0 Å². The average molecular weight is 671 g/mol. The van der Waals surface area contributed by atoms with Gasteiger partial charge in [0, 0.05) is 12.8 Å². The minimum absolute atomic E-state index is 0.155. The van der Waals surface area contributed by atoms with Crippen LogP contribution in [0.1, 0.15) is 149 Å². The summed E-state index contributed by atoms with van der Waals surface area (Å²) >= 11 is 0. The minimum Gasteiger partial charge on any atom is -0.463 e. The second kappa shape index (κ2) is 35.6. The van der Waals surface area contributed by atoms with Crippen LogP contribution in [0.15, 0.2) is 72.9 Å². The zero-order chi connectivity index (χ0) is 35.3. The quantitative estimate of drug-likeness (QED) is 0.0320. The summed E-state index contributed by atoms with van der Waals surface area (Å²) < 4.78 is 10.2. The number of aliphatic hydroxyl groups is 2. The molecule has 0 spiro atoms. The first-order valence-corrected chi connectivity index (χ1v) is 19.0. The van der Waals surface area contributed by atoms with Crippen molar-refractivity contribution in [2.24, 2.45) is 5.92 Å². The van der Waals surface area contributed by atoms with Crippen LogP contribution >= 0.6 is 0 Å². The van der Waals surface area contributed by atoms with Crippen molar-refractivity contribution in [2.45, 2.75) is 161 Å². The molecule has 0 aliphatic heterocycles. The van der Waals surface area contributed by atoms with E-state index in [2.05, 4.69) is 51.2 Å². The molecule has 0 bridgehead atoms. The van der Waals surface area contributed by atoms with E-state index < -0.39 is 12.2 Å². The number of aliphatic hydroxyl groups excluding tert-OH is 2. The van der Waals surface area contributed by atoms with Gasteiger partial charge in [-0.25, -0.2) is 0 Å². The number of unbranched alkanes of at least 4 members (excludes halogenated alkanes) is 9.